The molecule has 0 saturated carbocycles. The quantitative estimate of drug-likeness (QED) is 0.0567. The van der Waals surface area contributed by atoms with Gasteiger partial charge in [0.25, 0.3) is 5.96 Å². The number of benzene rings is 2. The number of hydrogen-bond donors (Lipinski definition) is 5. The number of nitro groups is 1. The minimum atomic E-state index is -1.38. The van der Waals surface area contributed by atoms with Crippen molar-refractivity contribution in [3.8, 4) is 0 Å². The number of guanidine groups is 1. The molecule has 1 fully saturated rings. The first-order valence-electron chi connectivity index (χ1n) is 18.1. The molecular formula is C37H51N9O9. The van der Waals surface area contributed by atoms with Crippen molar-refractivity contribution in [2.24, 2.45) is 10.8 Å². The van der Waals surface area contributed by atoms with Gasteiger partial charge in [0.2, 0.25) is 23.6 Å². The first-order valence-corrected chi connectivity index (χ1v) is 18.1. The molecule has 0 aliphatic carbocycles. The Morgan fingerprint density at radius 3 is 2.35 bits per heavy atom. The van der Waals surface area contributed by atoms with E-state index in [1.165, 1.54) is 16.8 Å². The lowest BCUT2D eigenvalue weighted by Gasteiger charge is -2.45. The molecule has 4 atom stereocenters. The second-order valence-electron chi connectivity index (χ2n) is 14.5. The number of alkyl carbamates (subject to hydrolysis) is 1. The Morgan fingerprint density at radius 1 is 1.02 bits per heavy atom. The van der Waals surface area contributed by atoms with Gasteiger partial charge in [0, 0.05) is 33.1 Å². The summed E-state index contributed by atoms with van der Waals surface area (Å²) in [5.41, 5.74) is 5.81. The molecule has 1 saturated heterocycles. The Balaban J connectivity index is 1.55. The Labute approximate surface area is 319 Å². The maximum atomic E-state index is 14.7. The lowest BCUT2D eigenvalue weighted by atomic mass is 9.81. The molecule has 4 rings (SSSR count). The number of likely N-dealkylation sites (N-methyl/N-ethyl adjacent to an activating group) is 1. The van der Waals surface area contributed by atoms with Gasteiger partial charge in [-0.05, 0) is 63.6 Å². The predicted octanol–water partition coefficient (Wildman–Crippen LogP) is 1.15. The third-order valence-electron chi connectivity index (χ3n) is 9.41. The van der Waals surface area contributed by atoms with E-state index in [1.54, 1.807) is 27.7 Å². The number of likely N-dealkylation sites (tertiary alicyclic amines) is 1. The van der Waals surface area contributed by atoms with Crippen molar-refractivity contribution in [2.45, 2.75) is 95.8 Å². The third kappa shape index (κ3) is 11.1. The number of ether oxygens (including phenoxy) is 2. The molecule has 0 radical (unpaired) electrons. The summed E-state index contributed by atoms with van der Waals surface area (Å²) in [4.78, 5) is 82.2. The molecule has 18 heteroatoms. The average Bonchev–Trinajstić information content (AvgIpc) is 3.45. The van der Waals surface area contributed by atoms with E-state index in [9.17, 15) is 34.1 Å². The van der Waals surface area contributed by atoms with E-state index in [0.717, 1.165) is 16.7 Å². The van der Waals surface area contributed by atoms with Crippen LogP contribution in [0.15, 0.2) is 59.7 Å². The maximum absolute atomic E-state index is 14.7. The van der Waals surface area contributed by atoms with Crippen molar-refractivity contribution in [1.29, 1.82) is 0 Å². The number of carbonyl (C=O) groups excluding carboxylic acids is 5. The van der Waals surface area contributed by atoms with Gasteiger partial charge in [0.15, 0.2) is 5.03 Å². The van der Waals surface area contributed by atoms with Crippen molar-refractivity contribution in [1.82, 2.24) is 31.1 Å². The number of nitrogens with one attached hydrogen (secondary N) is 4. The SMILES string of the molecule is CNC(=O)[C@H](CCCN/C(N)=N/[N+](=O)[O-])NC(=O)[C@H](C)N1CC[C@@]2(Cc3ccccc3CN2C(=O)[C@H](COCc2ccccc2)NC(=O)OC(C)(C)C)C1=O. The average molecular weight is 766 g/mol. The van der Waals surface area contributed by atoms with Gasteiger partial charge in [-0.25, -0.2) is 14.9 Å². The van der Waals surface area contributed by atoms with Crippen LogP contribution in [0.2, 0.25) is 0 Å². The molecular weight excluding hydrogens is 714 g/mol. The van der Waals surface area contributed by atoms with Gasteiger partial charge in [-0.2, -0.15) is 0 Å². The summed E-state index contributed by atoms with van der Waals surface area (Å²) in [5.74, 6) is -2.45. The second kappa shape index (κ2) is 18.5. The van der Waals surface area contributed by atoms with Crippen molar-refractivity contribution in [3.63, 3.8) is 0 Å². The van der Waals surface area contributed by atoms with Crippen LogP contribution >= 0.6 is 0 Å². The van der Waals surface area contributed by atoms with E-state index < -0.39 is 70.0 Å². The Hall–Kier alpha value is -5.78. The van der Waals surface area contributed by atoms with Crippen LogP contribution in [0.25, 0.3) is 0 Å². The normalized spacial score (nSPS) is 18.5. The number of rotatable bonds is 15. The third-order valence-corrected chi connectivity index (χ3v) is 9.41. The fraction of sp³-hybridized carbons (Fsp3) is 0.514. The molecule has 18 nitrogen and oxygen atoms in total. The molecule has 1 spiro atoms. The first-order chi connectivity index (χ1) is 26.0. The molecule has 55 heavy (non-hydrogen) atoms. The van der Waals surface area contributed by atoms with Gasteiger partial charge in [0.05, 0.1) is 13.2 Å². The van der Waals surface area contributed by atoms with Crippen LogP contribution in [0.4, 0.5) is 4.79 Å². The molecule has 6 N–H and O–H groups in total. The van der Waals surface area contributed by atoms with Gasteiger partial charge in [-0.15, -0.1) is 0 Å². The molecule has 0 aromatic heterocycles. The highest BCUT2D eigenvalue weighted by Gasteiger charge is 2.57. The Morgan fingerprint density at radius 2 is 1.69 bits per heavy atom. The summed E-state index contributed by atoms with van der Waals surface area (Å²) in [6, 6.07) is 13.6. The largest absolute Gasteiger partial charge is 0.444 e. The van der Waals surface area contributed by atoms with E-state index >= 15 is 0 Å². The minimum Gasteiger partial charge on any atom is -0.444 e. The van der Waals surface area contributed by atoms with Crippen molar-refractivity contribution >= 4 is 35.7 Å². The molecule has 298 valence electrons. The standard InChI is InChI=1S/C37H51N9O9/c1-24(30(47)41-28(31(48)39-5)16-11-18-40-34(38)43-46(52)53)44-19-17-37(33(44)50)20-26-14-9-10-15-27(26)21-45(37)32(49)29(42-35(51)55-36(2,3)4)23-54-22-25-12-7-6-8-13-25/h6-10,12-15,24,28-29H,11,16-23H2,1-5H3,(H,39,48)(H,41,47)(H,42,51)(H3,38,40,43)/t24-,28-,29-,37+/m0/s1. The maximum Gasteiger partial charge on any atom is 0.408 e. The molecule has 2 aliphatic heterocycles. The van der Waals surface area contributed by atoms with Gasteiger partial charge in [-0.1, -0.05) is 54.6 Å². The topological polar surface area (TPSA) is 240 Å². The van der Waals surface area contributed by atoms with Gasteiger partial charge in [-0.3, -0.25) is 19.2 Å². The van der Waals surface area contributed by atoms with Crippen molar-refractivity contribution in [3.05, 3.63) is 81.4 Å². The molecule has 2 aromatic rings. The zero-order chi connectivity index (χ0) is 40.3. The molecule has 2 heterocycles. The molecule has 0 unspecified atom stereocenters. The molecule has 2 aromatic carbocycles. The second-order valence-corrected chi connectivity index (χ2v) is 14.5. The zero-order valence-corrected chi connectivity index (χ0v) is 31.8. The molecule has 5 amide bonds. The van der Waals surface area contributed by atoms with Crippen LogP contribution in [0.3, 0.4) is 0 Å². The van der Waals surface area contributed by atoms with Crippen molar-refractivity contribution in [2.75, 3.05) is 26.7 Å². The fourth-order valence-electron chi connectivity index (χ4n) is 6.67. The summed E-state index contributed by atoms with van der Waals surface area (Å²) in [7, 11) is 1.42. The van der Waals surface area contributed by atoms with Crippen LogP contribution in [0.5, 0.6) is 0 Å². The Kier molecular flexibility index (Phi) is 14.1. The van der Waals surface area contributed by atoms with Crippen LogP contribution in [-0.2, 0) is 48.2 Å². The van der Waals surface area contributed by atoms with Crippen LogP contribution < -0.4 is 27.0 Å². The summed E-state index contributed by atoms with van der Waals surface area (Å²) in [5, 5.41) is 23.0. The summed E-state index contributed by atoms with van der Waals surface area (Å²) < 4.78 is 11.4. The number of hydrogen-bond acceptors (Lipinski definition) is 9. The monoisotopic (exact) mass is 765 g/mol. The first kappa shape index (κ1) is 42.0. The number of nitrogens with zero attached hydrogens (tertiary/aromatic N) is 4. The highest BCUT2D eigenvalue weighted by atomic mass is 16.7. The van der Waals surface area contributed by atoms with Crippen molar-refractivity contribution < 1.29 is 38.5 Å². The lowest BCUT2D eigenvalue weighted by Crippen LogP contribution is -2.65. The van der Waals surface area contributed by atoms with E-state index in [0.29, 0.717) is 0 Å². The van der Waals surface area contributed by atoms with Crippen LogP contribution in [0, 0.1) is 10.1 Å². The van der Waals surface area contributed by atoms with Crippen LogP contribution in [0.1, 0.15) is 63.6 Å². The van der Waals surface area contributed by atoms with E-state index in [1.807, 2.05) is 54.6 Å². The van der Waals surface area contributed by atoms with Gasteiger partial charge >= 0.3 is 6.09 Å². The minimum absolute atomic E-state index is 0.0734. The van der Waals surface area contributed by atoms with Gasteiger partial charge in [0.1, 0.15) is 34.4 Å². The van der Waals surface area contributed by atoms with Gasteiger partial charge < -0.3 is 46.3 Å². The van der Waals surface area contributed by atoms with E-state index in [2.05, 4.69) is 26.4 Å². The predicted molar refractivity (Wildman–Crippen MR) is 200 cm³/mol. The summed E-state index contributed by atoms with van der Waals surface area (Å²) in [6.07, 6.45) is -0.00676. The highest BCUT2D eigenvalue weighted by Crippen LogP contribution is 2.40. The lowest BCUT2D eigenvalue weighted by molar-refractivity contribution is -0.485. The highest BCUT2D eigenvalue weighted by molar-refractivity contribution is 5.99. The number of hydrazone groups is 1. The number of carbonyl (C=O) groups is 5. The van der Waals surface area contributed by atoms with Crippen LogP contribution in [-0.4, -0.2) is 107 Å². The smallest absolute Gasteiger partial charge is 0.408 e. The number of fused-ring (bicyclic) bond motifs is 1. The summed E-state index contributed by atoms with van der Waals surface area (Å²) in [6.45, 7) is 6.99. The van der Waals surface area contributed by atoms with E-state index in [4.69, 9.17) is 15.2 Å². The number of nitrogens with two attached hydrogens (primary N) is 1. The number of amides is 5. The Bertz CT molecular complexity index is 1750. The van der Waals surface area contributed by atoms with E-state index in [-0.39, 0.29) is 58.5 Å². The fourth-order valence-corrected chi connectivity index (χ4v) is 6.67. The molecule has 2 aliphatic rings. The summed E-state index contributed by atoms with van der Waals surface area (Å²) >= 11 is 0. The zero-order valence-electron chi connectivity index (χ0n) is 31.8. The molecule has 0 bridgehead atoms.